The van der Waals surface area contributed by atoms with Crippen LogP contribution in [0.1, 0.15) is 22.8 Å². The minimum Gasteiger partial charge on any atom is -0.384 e. The van der Waals surface area contributed by atoms with Gasteiger partial charge in [-0.1, -0.05) is 66.7 Å². The maximum atomic E-state index is 12.6. The molecule has 0 fully saturated rings. The molecule has 1 N–H and O–H groups in total. The molecule has 4 heteroatoms. The molecule has 0 radical (unpaired) electrons. The van der Waals surface area contributed by atoms with E-state index in [1.54, 1.807) is 24.3 Å². The first-order valence-corrected chi connectivity index (χ1v) is 7.46. The summed E-state index contributed by atoms with van der Waals surface area (Å²) in [5, 5.41) is 10.4. The third-order valence-corrected chi connectivity index (χ3v) is 3.89. The average Bonchev–Trinajstić information content (AvgIpc) is 2.61. The number of hydrogen-bond donors (Lipinski definition) is 1. The molecule has 0 aromatic heterocycles. The first-order valence-electron chi connectivity index (χ1n) is 7.46. The molecule has 0 aliphatic rings. The Labute approximate surface area is 138 Å². The van der Waals surface area contributed by atoms with Crippen LogP contribution >= 0.6 is 0 Å². The van der Waals surface area contributed by atoms with Crippen LogP contribution in [0.3, 0.4) is 0 Å². The third kappa shape index (κ3) is 3.49. The van der Waals surface area contributed by atoms with Crippen molar-refractivity contribution < 1.29 is 18.3 Å². The SMILES string of the molecule is O[C@H](c1ccccc1)c1ccc(-c2ccc(C(F)(F)F)cc2)cc1. The van der Waals surface area contributed by atoms with Gasteiger partial charge in [0.15, 0.2) is 0 Å². The maximum absolute atomic E-state index is 12.6. The van der Waals surface area contributed by atoms with Gasteiger partial charge in [0.1, 0.15) is 6.10 Å². The Morgan fingerprint density at radius 3 is 1.58 bits per heavy atom. The van der Waals surface area contributed by atoms with E-state index in [9.17, 15) is 18.3 Å². The van der Waals surface area contributed by atoms with E-state index in [0.717, 1.165) is 28.8 Å². The summed E-state index contributed by atoms with van der Waals surface area (Å²) in [6.07, 6.45) is -5.06. The summed E-state index contributed by atoms with van der Waals surface area (Å²) in [5.41, 5.74) is 2.36. The van der Waals surface area contributed by atoms with Crippen LogP contribution in [0.2, 0.25) is 0 Å². The molecule has 24 heavy (non-hydrogen) atoms. The molecule has 0 unspecified atom stereocenters. The summed E-state index contributed by atoms with van der Waals surface area (Å²) in [6.45, 7) is 0. The molecule has 1 nitrogen and oxygen atoms in total. The molecule has 0 aliphatic carbocycles. The van der Waals surface area contributed by atoms with Crippen molar-refractivity contribution in [2.75, 3.05) is 0 Å². The maximum Gasteiger partial charge on any atom is 0.416 e. The molecule has 0 spiro atoms. The molecule has 0 saturated carbocycles. The number of rotatable bonds is 3. The Morgan fingerprint density at radius 1 is 0.625 bits per heavy atom. The predicted octanol–water partition coefficient (Wildman–Crippen LogP) is 5.45. The number of aliphatic hydroxyl groups excluding tert-OH is 1. The Bertz CT molecular complexity index is 791. The van der Waals surface area contributed by atoms with E-state index in [2.05, 4.69) is 0 Å². The third-order valence-electron chi connectivity index (χ3n) is 3.89. The van der Waals surface area contributed by atoms with E-state index in [1.165, 1.54) is 12.1 Å². The summed E-state index contributed by atoms with van der Waals surface area (Å²) in [6, 6.07) is 21.5. The van der Waals surface area contributed by atoms with Crippen LogP contribution < -0.4 is 0 Å². The van der Waals surface area contributed by atoms with E-state index in [1.807, 2.05) is 30.3 Å². The zero-order valence-electron chi connectivity index (χ0n) is 12.7. The van der Waals surface area contributed by atoms with Crippen molar-refractivity contribution in [3.05, 3.63) is 95.6 Å². The molecule has 0 aliphatic heterocycles. The lowest BCUT2D eigenvalue weighted by atomic mass is 9.98. The first kappa shape index (κ1) is 16.3. The van der Waals surface area contributed by atoms with E-state index >= 15 is 0 Å². The molecule has 1 atom stereocenters. The van der Waals surface area contributed by atoms with Gasteiger partial charge < -0.3 is 5.11 Å². The first-order chi connectivity index (χ1) is 11.4. The van der Waals surface area contributed by atoms with Crippen LogP contribution in [-0.2, 0) is 6.18 Å². The van der Waals surface area contributed by atoms with Gasteiger partial charge >= 0.3 is 6.18 Å². The van der Waals surface area contributed by atoms with Crippen LogP contribution in [0.4, 0.5) is 13.2 Å². The van der Waals surface area contributed by atoms with Gasteiger partial charge in [0.05, 0.1) is 5.56 Å². The van der Waals surface area contributed by atoms with E-state index in [-0.39, 0.29) is 0 Å². The van der Waals surface area contributed by atoms with E-state index in [0.29, 0.717) is 5.56 Å². The van der Waals surface area contributed by atoms with Gasteiger partial charge in [-0.2, -0.15) is 13.2 Å². The molecule has 122 valence electrons. The van der Waals surface area contributed by atoms with Crippen LogP contribution in [0.5, 0.6) is 0 Å². The number of alkyl halides is 3. The summed E-state index contributed by atoms with van der Waals surface area (Å²) >= 11 is 0. The van der Waals surface area contributed by atoms with Crippen LogP contribution in [0, 0.1) is 0 Å². The summed E-state index contributed by atoms with van der Waals surface area (Å²) in [5.74, 6) is 0. The highest BCUT2D eigenvalue weighted by Crippen LogP contribution is 2.31. The molecule has 0 saturated heterocycles. The topological polar surface area (TPSA) is 20.2 Å². The van der Waals surface area contributed by atoms with Crippen molar-refractivity contribution in [2.24, 2.45) is 0 Å². The zero-order chi connectivity index (χ0) is 17.2. The summed E-state index contributed by atoms with van der Waals surface area (Å²) in [4.78, 5) is 0. The van der Waals surface area contributed by atoms with Crippen molar-refractivity contribution in [3.63, 3.8) is 0 Å². The highest BCUT2D eigenvalue weighted by Gasteiger charge is 2.29. The van der Waals surface area contributed by atoms with Crippen molar-refractivity contribution in [1.82, 2.24) is 0 Å². The molecular formula is C20H15F3O. The Hall–Kier alpha value is -2.59. The Kier molecular flexibility index (Phi) is 4.40. The van der Waals surface area contributed by atoms with Gasteiger partial charge in [0, 0.05) is 0 Å². The van der Waals surface area contributed by atoms with Crippen LogP contribution in [-0.4, -0.2) is 5.11 Å². The Balaban J connectivity index is 1.82. The van der Waals surface area contributed by atoms with Crippen molar-refractivity contribution in [2.45, 2.75) is 12.3 Å². The molecule has 3 aromatic carbocycles. The molecular weight excluding hydrogens is 313 g/mol. The predicted molar refractivity (Wildman–Crippen MR) is 87.4 cm³/mol. The second-order valence-electron chi connectivity index (χ2n) is 5.51. The second-order valence-corrected chi connectivity index (χ2v) is 5.51. The quantitative estimate of drug-likeness (QED) is 0.677. The smallest absolute Gasteiger partial charge is 0.384 e. The Morgan fingerprint density at radius 2 is 1.08 bits per heavy atom. The van der Waals surface area contributed by atoms with Crippen molar-refractivity contribution in [1.29, 1.82) is 0 Å². The van der Waals surface area contributed by atoms with Gasteiger partial charge in [-0.05, 0) is 34.4 Å². The number of benzene rings is 3. The normalized spacial score (nSPS) is 12.8. The van der Waals surface area contributed by atoms with Gasteiger partial charge in [0.25, 0.3) is 0 Å². The standard InChI is InChI=1S/C20H15F3O/c21-20(22,23)18-12-10-15(11-13-18)14-6-8-17(9-7-14)19(24)16-4-2-1-3-5-16/h1-13,19,24H/t19-/m1/s1. The van der Waals surface area contributed by atoms with Crippen LogP contribution in [0.25, 0.3) is 11.1 Å². The van der Waals surface area contributed by atoms with Crippen molar-refractivity contribution in [3.8, 4) is 11.1 Å². The highest BCUT2D eigenvalue weighted by atomic mass is 19.4. The van der Waals surface area contributed by atoms with Gasteiger partial charge in [-0.25, -0.2) is 0 Å². The minimum absolute atomic E-state index is 0.664. The van der Waals surface area contributed by atoms with Gasteiger partial charge in [-0.3, -0.25) is 0 Å². The lowest BCUT2D eigenvalue weighted by Gasteiger charge is -2.12. The lowest BCUT2D eigenvalue weighted by molar-refractivity contribution is -0.137. The summed E-state index contributed by atoms with van der Waals surface area (Å²) < 4.78 is 37.8. The molecule has 3 rings (SSSR count). The fourth-order valence-electron chi connectivity index (χ4n) is 2.54. The largest absolute Gasteiger partial charge is 0.416 e. The van der Waals surface area contributed by atoms with Crippen molar-refractivity contribution >= 4 is 0 Å². The molecule has 3 aromatic rings. The zero-order valence-corrected chi connectivity index (χ0v) is 12.7. The lowest BCUT2D eigenvalue weighted by Crippen LogP contribution is -2.04. The number of aliphatic hydroxyl groups is 1. The highest BCUT2D eigenvalue weighted by molar-refractivity contribution is 5.64. The second kappa shape index (κ2) is 6.49. The van der Waals surface area contributed by atoms with Gasteiger partial charge in [-0.15, -0.1) is 0 Å². The fourth-order valence-corrected chi connectivity index (χ4v) is 2.54. The summed E-state index contributed by atoms with van der Waals surface area (Å²) in [7, 11) is 0. The molecule has 0 amide bonds. The number of halogens is 3. The monoisotopic (exact) mass is 328 g/mol. The van der Waals surface area contributed by atoms with Gasteiger partial charge in [0.2, 0.25) is 0 Å². The molecule has 0 heterocycles. The minimum atomic E-state index is -4.33. The average molecular weight is 328 g/mol. The number of hydrogen-bond acceptors (Lipinski definition) is 1. The van der Waals surface area contributed by atoms with E-state index < -0.39 is 17.8 Å². The van der Waals surface area contributed by atoms with E-state index in [4.69, 9.17) is 0 Å². The fraction of sp³-hybridized carbons (Fsp3) is 0.100. The van der Waals surface area contributed by atoms with Crippen LogP contribution in [0.15, 0.2) is 78.9 Å². The molecule has 0 bridgehead atoms.